The minimum absolute atomic E-state index is 0.0590. The van der Waals surface area contributed by atoms with Crippen molar-refractivity contribution < 1.29 is 9.85 Å². The molecule has 0 amide bonds. The first-order chi connectivity index (χ1) is 12.9. The van der Waals surface area contributed by atoms with Gasteiger partial charge in [-0.05, 0) is 47.2 Å². The lowest BCUT2D eigenvalue weighted by atomic mass is 9.99. The first-order valence-electron chi connectivity index (χ1n) is 8.16. The van der Waals surface area contributed by atoms with Gasteiger partial charge in [0.05, 0.1) is 9.85 Å². The number of benzene rings is 3. The molecule has 27 heavy (non-hydrogen) atoms. The number of non-ortho nitro benzene ring substituents is 2. The van der Waals surface area contributed by atoms with Crippen LogP contribution < -0.4 is 0 Å². The van der Waals surface area contributed by atoms with Crippen molar-refractivity contribution >= 4 is 23.0 Å². The van der Waals surface area contributed by atoms with E-state index in [1.165, 1.54) is 24.3 Å². The average Bonchev–Trinajstić information content (AvgIpc) is 2.62. The fraction of sp³-hybridized carbons (Fsp3) is 0.100. The molecule has 3 aromatic rings. The van der Waals surface area contributed by atoms with Crippen LogP contribution in [0.3, 0.4) is 0 Å². The highest BCUT2D eigenvalue weighted by Gasteiger charge is 2.08. The zero-order chi connectivity index (χ0) is 19.4. The largest absolute Gasteiger partial charge is 0.269 e. The minimum Gasteiger partial charge on any atom is -0.258 e. The molecular formula is C20H15ClN2O4. The Bertz CT molecular complexity index is 908. The van der Waals surface area contributed by atoms with Gasteiger partial charge in [0.15, 0.2) is 0 Å². The zero-order valence-electron chi connectivity index (χ0n) is 14.2. The van der Waals surface area contributed by atoms with Crippen molar-refractivity contribution in [3.63, 3.8) is 0 Å². The fourth-order valence-corrected chi connectivity index (χ4v) is 3.14. The number of nitrogens with zero attached hydrogens (tertiary/aromatic N) is 2. The Kier molecular flexibility index (Phi) is 5.47. The summed E-state index contributed by atoms with van der Waals surface area (Å²) in [6.45, 7) is 0. The average molecular weight is 383 g/mol. The second kappa shape index (κ2) is 7.97. The number of nitro benzene ring substituents is 2. The van der Waals surface area contributed by atoms with Crippen LogP contribution in [-0.2, 0) is 12.8 Å². The summed E-state index contributed by atoms with van der Waals surface area (Å²) in [6, 6.07) is 18.6. The molecular weight excluding hydrogens is 368 g/mol. The number of rotatable bonds is 6. The summed E-state index contributed by atoms with van der Waals surface area (Å²) in [5.41, 5.74) is 4.00. The van der Waals surface area contributed by atoms with Crippen LogP contribution in [0, 0.1) is 20.2 Å². The molecule has 0 aromatic heterocycles. The maximum atomic E-state index is 10.7. The van der Waals surface area contributed by atoms with Crippen molar-refractivity contribution in [2.45, 2.75) is 12.8 Å². The molecule has 0 N–H and O–H groups in total. The van der Waals surface area contributed by atoms with Gasteiger partial charge >= 0.3 is 0 Å². The summed E-state index contributed by atoms with van der Waals surface area (Å²) in [5.74, 6) is 0. The van der Waals surface area contributed by atoms with Gasteiger partial charge < -0.3 is 0 Å². The molecule has 6 nitrogen and oxygen atoms in total. The van der Waals surface area contributed by atoms with Gasteiger partial charge in [-0.2, -0.15) is 0 Å². The summed E-state index contributed by atoms with van der Waals surface area (Å²) in [6.07, 6.45) is 1.21. The van der Waals surface area contributed by atoms with Gasteiger partial charge in [0, 0.05) is 29.3 Å². The minimum atomic E-state index is -0.425. The van der Waals surface area contributed by atoms with Crippen molar-refractivity contribution in [1.82, 2.24) is 0 Å². The first-order valence-corrected chi connectivity index (χ1v) is 8.53. The van der Waals surface area contributed by atoms with Crippen LogP contribution in [0.1, 0.15) is 22.3 Å². The summed E-state index contributed by atoms with van der Waals surface area (Å²) in [4.78, 5) is 20.6. The maximum Gasteiger partial charge on any atom is 0.269 e. The summed E-state index contributed by atoms with van der Waals surface area (Å²) in [7, 11) is 0. The van der Waals surface area contributed by atoms with Gasteiger partial charge in [-0.25, -0.2) is 0 Å². The lowest BCUT2D eigenvalue weighted by Gasteiger charge is -2.08. The highest BCUT2D eigenvalue weighted by Crippen LogP contribution is 2.22. The molecule has 136 valence electrons. The van der Waals surface area contributed by atoms with Crippen molar-refractivity contribution in [2.75, 3.05) is 0 Å². The maximum absolute atomic E-state index is 10.7. The Morgan fingerprint density at radius 2 is 1.00 bits per heavy atom. The molecule has 0 saturated heterocycles. The summed E-state index contributed by atoms with van der Waals surface area (Å²) in [5, 5.41) is 22.1. The SMILES string of the molecule is O=[N+]([O-])c1ccc(Cc2cc(Cl)cc(Cc3ccc([N+](=O)[O-])cc3)c2)cc1. The molecule has 3 rings (SSSR count). The van der Waals surface area contributed by atoms with Gasteiger partial charge in [0.1, 0.15) is 0 Å². The lowest BCUT2D eigenvalue weighted by Crippen LogP contribution is -1.95. The summed E-state index contributed by atoms with van der Waals surface area (Å²) >= 11 is 6.24. The standard InChI is InChI=1S/C20H15ClN2O4/c21-18-12-16(9-14-1-5-19(6-2-14)22(24)25)11-17(13-18)10-15-3-7-20(8-4-15)23(26)27/h1-8,11-13H,9-10H2. The molecule has 0 aliphatic heterocycles. The van der Waals surface area contributed by atoms with Gasteiger partial charge in [-0.3, -0.25) is 20.2 Å². The zero-order valence-corrected chi connectivity index (χ0v) is 14.9. The molecule has 3 aromatic carbocycles. The van der Waals surface area contributed by atoms with Gasteiger partial charge in [0.2, 0.25) is 0 Å². The van der Waals surface area contributed by atoms with Crippen LogP contribution in [-0.4, -0.2) is 9.85 Å². The second-order valence-electron chi connectivity index (χ2n) is 6.17. The van der Waals surface area contributed by atoms with Crippen molar-refractivity contribution in [3.05, 3.63) is 114 Å². The van der Waals surface area contributed by atoms with E-state index in [1.807, 2.05) is 18.2 Å². The van der Waals surface area contributed by atoms with E-state index in [2.05, 4.69) is 0 Å². The van der Waals surface area contributed by atoms with Gasteiger partial charge in [-0.1, -0.05) is 41.9 Å². The fourth-order valence-electron chi connectivity index (χ4n) is 2.86. The molecule has 7 heteroatoms. The number of hydrogen-bond donors (Lipinski definition) is 0. The van der Waals surface area contributed by atoms with Crippen molar-refractivity contribution in [1.29, 1.82) is 0 Å². The van der Waals surface area contributed by atoms with Crippen LogP contribution >= 0.6 is 11.6 Å². The van der Waals surface area contributed by atoms with E-state index >= 15 is 0 Å². The molecule has 0 spiro atoms. The number of hydrogen-bond acceptors (Lipinski definition) is 4. The third-order valence-electron chi connectivity index (χ3n) is 4.13. The highest BCUT2D eigenvalue weighted by molar-refractivity contribution is 6.30. The third kappa shape index (κ3) is 4.89. The van der Waals surface area contributed by atoms with E-state index in [-0.39, 0.29) is 11.4 Å². The van der Waals surface area contributed by atoms with Crippen LogP contribution in [0.2, 0.25) is 5.02 Å². The van der Waals surface area contributed by atoms with E-state index in [4.69, 9.17) is 11.6 Å². The van der Waals surface area contributed by atoms with Crippen LogP contribution in [0.25, 0.3) is 0 Å². The van der Waals surface area contributed by atoms with Crippen molar-refractivity contribution in [2.24, 2.45) is 0 Å². The Morgan fingerprint density at radius 3 is 1.33 bits per heavy atom. The Hall–Kier alpha value is -3.25. The van der Waals surface area contributed by atoms with E-state index in [0.717, 1.165) is 22.3 Å². The Labute approximate surface area is 160 Å². The Morgan fingerprint density at radius 1 is 0.630 bits per heavy atom. The topological polar surface area (TPSA) is 86.3 Å². The molecule has 0 bridgehead atoms. The van der Waals surface area contributed by atoms with Crippen molar-refractivity contribution in [3.8, 4) is 0 Å². The number of halogens is 1. The smallest absolute Gasteiger partial charge is 0.258 e. The molecule has 0 saturated carbocycles. The molecule has 0 fully saturated rings. The quantitative estimate of drug-likeness (QED) is 0.425. The Balaban J connectivity index is 1.77. The molecule has 0 atom stereocenters. The molecule has 0 unspecified atom stereocenters. The molecule has 0 heterocycles. The highest BCUT2D eigenvalue weighted by atomic mass is 35.5. The molecule has 0 aliphatic carbocycles. The molecule has 0 aliphatic rings. The first kappa shape index (κ1) is 18.5. The number of nitro groups is 2. The van der Waals surface area contributed by atoms with E-state index in [1.54, 1.807) is 24.3 Å². The van der Waals surface area contributed by atoms with Gasteiger partial charge in [-0.15, -0.1) is 0 Å². The third-order valence-corrected chi connectivity index (χ3v) is 4.35. The van der Waals surface area contributed by atoms with Crippen LogP contribution in [0.4, 0.5) is 11.4 Å². The van der Waals surface area contributed by atoms with Crippen LogP contribution in [0.15, 0.2) is 66.7 Å². The van der Waals surface area contributed by atoms with E-state index in [9.17, 15) is 20.2 Å². The normalized spacial score (nSPS) is 10.6. The van der Waals surface area contributed by atoms with Gasteiger partial charge in [0.25, 0.3) is 11.4 Å². The van der Waals surface area contributed by atoms with Crippen LogP contribution in [0.5, 0.6) is 0 Å². The predicted molar refractivity (Wildman–Crippen MR) is 103 cm³/mol. The lowest BCUT2D eigenvalue weighted by molar-refractivity contribution is -0.385. The monoisotopic (exact) mass is 382 g/mol. The molecule has 0 radical (unpaired) electrons. The summed E-state index contributed by atoms with van der Waals surface area (Å²) < 4.78 is 0. The van der Waals surface area contributed by atoms with E-state index < -0.39 is 9.85 Å². The second-order valence-corrected chi connectivity index (χ2v) is 6.60. The predicted octanol–water partition coefficient (Wildman–Crippen LogP) is 5.34. The van der Waals surface area contributed by atoms with E-state index in [0.29, 0.717) is 17.9 Å².